The Kier molecular flexibility index (Phi) is 5.88. The highest BCUT2D eigenvalue weighted by Crippen LogP contribution is 2.28. The molecular formula is C19H11ClF4N4O. The highest BCUT2D eigenvalue weighted by Gasteiger charge is 2.32. The van der Waals surface area contributed by atoms with E-state index in [9.17, 15) is 22.4 Å². The van der Waals surface area contributed by atoms with E-state index in [-0.39, 0.29) is 27.8 Å². The summed E-state index contributed by atoms with van der Waals surface area (Å²) >= 11 is 6.05. The highest BCUT2D eigenvalue weighted by molar-refractivity contribution is 6.53. The lowest BCUT2D eigenvalue weighted by Gasteiger charge is -2.10. The molecule has 29 heavy (non-hydrogen) atoms. The molecule has 0 aliphatic heterocycles. The molecule has 0 radical (unpaired) electrons. The van der Waals surface area contributed by atoms with E-state index >= 15 is 0 Å². The number of alkyl halides is 3. The smallest absolute Gasteiger partial charge is 0.287 e. The second-order valence-corrected chi connectivity index (χ2v) is 6.01. The molecule has 1 aromatic carbocycles. The number of hydrazone groups is 1. The Labute approximate surface area is 167 Å². The summed E-state index contributed by atoms with van der Waals surface area (Å²) in [6.45, 7) is 0. The monoisotopic (exact) mass is 422 g/mol. The summed E-state index contributed by atoms with van der Waals surface area (Å²) in [5.74, 6) is -1.41. The van der Waals surface area contributed by atoms with Crippen molar-refractivity contribution in [1.29, 1.82) is 0 Å². The third-order valence-corrected chi connectivity index (χ3v) is 3.96. The molecule has 3 aromatic rings. The minimum Gasteiger partial charge on any atom is -0.287 e. The van der Waals surface area contributed by atoms with Crippen molar-refractivity contribution in [3.63, 3.8) is 0 Å². The van der Waals surface area contributed by atoms with E-state index in [0.29, 0.717) is 0 Å². The van der Waals surface area contributed by atoms with Gasteiger partial charge in [-0.15, -0.1) is 0 Å². The molecule has 0 aliphatic rings. The standard InChI is InChI=1S/C19H11ClF4N4O/c20-18-13(3-2-10-25-18)16(17(29)11-6-8-12(21)9-7-11)28-27-15-5-1-4-14(26-15)19(22,23)24/h1-10H,(H,26,27). The minimum absolute atomic E-state index is 0.0412. The molecule has 148 valence electrons. The van der Waals surface area contributed by atoms with Crippen molar-refractivity contribution in [1.82, 2.24) is 9.97 Å². The highest BCUT2D eigenvalue weighted by atomic mass is 35.5. The van der Waals surface area contributed by atoms with E-state index in [1.807, 2.05) is 0 Å². The van der Waals surface area contributed by atoms with Gasteiger partial charge in [-0.2, -0.15) is 18.3 Å². The minimum atomic E-state index is -4.64. The second kappa shape index (κ2) is 8.36. The molecule has 10 heteroatoms. The first kappa shape index (κ1) is 20.4. The van der Waals surface area contributed by atoms with E-state index in [1.165, 1.54) is 36.5 Å². The molecule has 5 nitrogen and oxygen atoms in total. The summed E-state index contributed by atoms with van der Waals surface area (Å²) in [5.41, 5.74) is 1.23. The molecule has 0 fully saturated rings. The third-order valence-electron chi connectivity index (χ3n) is 3.66. The van der Waals surface area contributed by atoms with Gasteiger partial charge in [-0.25, -0.2) is 14.4 Å². The fraction of sp³-hybridized carbons (Fsp3) is 0.0526. The van der Waals surface area contributed by atoms with Crippen LogP contribution in [-0.4, -0.2) is 21.5 Å². The Morgan fingerprint density at radius 3 is 2.41 bits per heavy atom. The molecule has 0 spiro atoms. The largest absolute Gasteiger partial charge is 0.433 e. The molecule has 2 heterocycles. The summed E-state index contributed by atoms with van der Waals surface area (Å²) in [6.07, 6.45) is -3.24. The molecule has 3 rings (SSSR count). The number of benzene rings is 1. The molecule has 0 saturated heterocycles. The number of nitrogens with one attached hydrogen (secondary N) is 1. The number of ketones is 1. The number of hydrogen-bond acceptors (Lipinski definition) is 5. The van der Waals surface area contributed by atoms with Gasteiger partial charge in [0.05, 0.1) is 0 Å². The van der Waals surface area contributed by atoms with Gasteiger partial charge in [0.2, 0.25) is 5.78 Å². The number of Topliss-reactive ketones (excluding diaryl/α,β-unsaturated/α-hetero) is 1. The van der Waals surface area contributed by atoms with Crippen LogP contribution >= 0.6 is 11.6 Å². The van der Waals surface area contributed by atoms with Crippen molar-refractivity contribution in [2.45, 2.75) is 6.18 Å². The molecule has 1 N–H and O–H groups in total. The van der Waals surface area contributed by atoms with E-state index in [4.69, 9.17) is 11.6 Å². The Hall–Kier alpha value is -3.33. The van der Waals surface area contributed by atoms with Gasteiger partial charge >= 0.3 is 6.18 Å². The fourth-order valence-electron chi connectivity index (χ4n) is 2.30. The maximum Gasteiger partial charge on any atom is 0.433 e. The van der Waals surface area contributed by atoms with Crippen LogP contribution in [0.5, 0.6) is 0 Å². The Morgan fingerprint density at radius 1 is 1.03 bits per heavy atom. The van der Waals surface area contributed by atoms with Gasteiger partial charge in [0, 0.05) is 17.3 Å². The van der Waals surface area contributed by atoms with E-state index < -0.39 is 23.5 Å². The fourth-order valence-corrected chi connectivity index (χ4v) is 2.51. The summed E-state index contributed by atoms with van der Waals surface area (Å²) in [4.78, 5) is 20.2. The number of pyridine rings is 2. The van der Waals surface area contributed by atoms with Gasteiger partial charge in [-0.05, 0) is 48.5 Å². The van der Waals surface area contributed by atoms with Crippen LogP contribution in [0.4, 0.5) is 23.4 Å². The van der Waals surface area contributed by atoms with Crippen LogP contribution in [0.25, 0.3) is 0 Å². The quantitative estimate of drug-likeness (QED) is 0.207. The molecule has 0 saturated carbocycles. The van der Waals surface area contributed by atoms with E-state index in [2.05, 4.69) is 20.5 Å². The summed E-state index contributed by atoms with van der Waals surface area (Å²) < 4.78 is 51.6. The maximum atomic E-state index is 13.2. The molecular weight excluding hydrogens is 412 g/mol. The maximum absolute atomic E-state index is 13.2. The average molecular weight is 423 g/mol. The third kappa shape index (κ3) is 4.94. The predicted octanol–water partition coefficient (Wildman–Crippen LogP) is 4.99. The van der Waals surface area contributed by atoms with Gasteiger partial charge < -0.3 is 0 Å². The SMILES string of the molecule is O=C(C(=NNc1cccc(C(F)(F)F)n1)c1cccnc1Cl)c1ccc(F)cc1. The zero-order chi connectivity index (χ0) is 21.0. The summed E-state index contributed by atoms with van der Waals surface area (Å²) in [6, 6.07) is 10.9. The van der Waals surface area contributed by atoms with Crippen LogP contribution in [0.3, 0.4) is 0 Å². The molecule has 0 bridgehead atoms. The van der Waals surface area contributed by atoms with Crippen LogP contribution in [0.1, 0.15) is 21.6 Å². The Morgan fingerprint density at radius 2 is 1.76 bits per heavy atom. The summed E-state index contributed by atoms with van der Waals surface area (Å²) in [5, 5.41) is 3.87. The predicted molar refractivity (Wildman–Crippen MR) is 99.4 cm³/mol. The van der Waals surface area contributed by atoms with E-state index in [0.717, 1.165) is 24.3 Å². The first-order valence-electron chi connectivity index (χ1n) is 8.05. The lowest BCUT2D eigenvalue weighted by Crippen LogP contribution is -2.19. The lowest BCUT2D eigenvalue weighted by molar-refractivity contribution is -0.141. The number of halogens is 5. The molecule has 0 amide bonds. The molecule has 0 aliphatic carbocycles. The van der Waals surface area contributed by atoms with E-state index in [1.54, 1.807) is 0 Å². The number of rotatable bonds is 5. The topological polar surface area (TPSA) is 67.2 Å². The molecule has 0 unspecified atom stereocenters. The van der Waals surface area contributed by atoms with Crippen molar-refractivity contribution < 1.29 is 22.4 Å². The van der Waals surface area contributed by atoms with Gasteiger partial charge in [-0.1, -0.05) is 17.7 Å². The number of anilines is 1. The summed E-state index contributed by atoms with van der Waals surface area (Å²) in [7, 11) is 0. The number of aromatic nitrogens is 2. The van der Waals surface area contributed by atoms with Gasteiger partial charge in [0.1, 0.15) is 28.2 Å². The zero-order valence-electron chi connectivity index (χ0n) is 14.4. The van der Waals surface area contributed by atoms with Crippen molar-refractivity contribution in [3.8, 4) is 0 Å². The van der Waals surface area contributed by atoms with Crippen molar-refractivity contribution in [3.05, 3.63) is 88.6 Å². The van der Waals surface area contributed by atoms with Crippen LogP contribution in [-0.2, 0) is 6.18 Å². The Bertz CT molecular complexity index is 1070. The van der Waals surface area contributed by atoms with Crippen LogP contribution in [0.15, 0.2) is 65.9 Å². The molecule has 2 aromatic heterocycles. The van der Waals surface area contributed by atoms with Crippen molar-refractivity contribution in [2.24, 2.45) is 5.10 Å². The lowest BCUT2D eigenvalue weighted by atomic mass is 10.0. The zero-order valence-corrected chi connectivity index (χ0v) is 15.2. The number of hydrogen-bond donors (Lipinski definition) is 1. The first-order chi connectivity index (χ1) is 13.8. The van der Waals surface area contributed by atoms with Crippen molar-refractivity contribution >= 4 is 28.9 Å². The van der Waals surface area contributed by atoms with Gasteiger partial charge in [0.15, 0.2) is 0 Å². The van der Waals surface area contributed by atoms with Gasteiger partial charge in [-0.3, -0.25) is 10.2 Å². The van der Waals surface area contributed by atoms with Crippen LogP contribution in [0, 0.1) is 5.82 Å². The first-order valence-corrected chi connectivity index (χ1v) is 8.42. The number of nitrogens with zero attached hydrogens (tertiary/aromatic N) is 3. The van der Waals surface area contributed by atoms with Crippen LogP contribution < -0.4 is 5.43 Å². The number of carbonyl (C=O) groups excluding carboxylic acids is 1. The van der Waals surface area contributed by atoms with Crippen LogP contribution in [0.2, 0.25) is 5.15 Å². The second-order valence-electron chi connectivity index (χ2n) is 5.66. The Balaban J connectivity index is 2.01. The number of carbonyl (C=O) groups is 1. The molecule has 0 atom stereocenters. The van der Waals surface area contributed by atoms with Crippen molar-refractivity contribution in [2.75, 3.05) is 5.43 Å². The normalized spacial score (nSPS) is 12.0. The van der Waals surface area contributed by atoms with Gasteiger partial charge in [0.25, 0.3) is 0 Å². The average Bonchev–Trinajstić information content (AvgIpc) is 2.69.